The summed E-state index contributed by atoms with van der Waals surface area (Å²) >= 11 is 0. The average Bonchev–Trinajstić information content (AvgIpc) is 3.92. The molecular formula is C45H55NO3S2. The Balaban J connectivity index is 1.51. The van der Waals surface area contributed by atoms with E-state index in [2.05, 4.69) is 113 Å². The van der Waals surface area contributed by atoms with Crippen molar-refractivity contribution in [3.8, 4) is 0 Å². The number of oxime groups is 1. The van der Waals surface area contributed by atoms with Crippen molar-refractivity contribution in [3.63, 3.8) is 0 Å². The van der Waals surface area contributed by atoms with Crippen LogP contribution in [0.3, 0.4) is 0 Å². The van der Waals surface area contributed by atoms with Crippen LogP contribution in [0.15, 0.2) is 140 Å². The highest BCUT2D eigenvalue weighted by Gasteiger charge is 2.32. The van der Waals surface area contributed by atoms with E-state index in [4.69, 9.17) is 4.84 Å². The number of benzene rings is 3. The van der Waals surface area contributed by atoms with Crippen LogP contribution in [0.1, 0.15) is 124 Å². The maximum atomic E-state index is 15.1. The molecule has 3 aromatic rings. The molecule has 6 heteroatoms. The largest absolute Gasteiger partial charge is 0.365 e. The molecule has 0 aliphatic carbocycles. The zero-order chi connectivity index (χ0) is 35.7. The van der Waals surface area contributed by atoms with E-state index in [0.29, 0.717) is 11.3 Å². The van der Waals surface area contributed by atoms with Crippen LogP contribution in [0.5, 0.6) is 0 Å². The van der Waals surface area contributed by atoms with Gasteiger partial charge in [0.05, 0.1) is 5.56 Å². The van der Waals surface area contributed by atoms with Gasteiger partial charge in [-0.25, -0.2) is 4.79 Å². The lowest BCUT2D eigenvalue weighted by atomic mass is 9.80. The van der Waals surface area contributed by atoms with Crippen LogP contribution in [0.2, 0.25) is 0 Å². The molecule has 0 N–H and O–H groups in total. The van der Waals surface area contributed by atoms with E-state index < -0.39 is 27.8 Å². The molecule has 2 aliphatic rings. The molecule has 4 nitrogen and oxygen atoms in total. The lowest BCUT2D eigenvalue weighted by Gasteiger charge is -2.24. The smallest absolute Gasteiger partial charge is 0.312 e. The van der Waals surface area contributed by atoms with Gasteiger partial charge in [-0.1, -0.05) is 150 Å². The number of unbranched alkanes of at least 4 members (excludes halogenated alkanes) is 8. The van der Waals surface area contributed by atoms with Crippen LogP contribution >= 0.6 is 21.8 Å². The van der Waals surface area contributed by atoms with Crippen LogP contribution in [-0.4, -0.2) is 17.5 Å². The topological polar surface area (TPSA) is 55.7 Å². The van der Waals surface area contributed by atoms with E-state index >= 15 is 4.79 Å². The molecule has 0 fully saturated rings. The number of thiol groups is 2. The van der Waals surface area contributed by atoms with Crippen LogP contribution in [0, 0.1) is 0 Å². The summed E-state index contributed by atoms with van der Waals surface area (Å²) in [6, 6.07) is 26.3. The van der Waals surface area contributed by atoms with Crippen molar-refractivity contribution in [1.29, 1.82) is 0 Å². The van der Waals surface area contributed by atoms with Gasteiger partial charge in [-0.3, -0.25) is 4.79 Å². The summed E-state index contributed by atoms with van der Waals surface area (Å²) in [5.74, 6) is -1.27. The Morgan fingerprint density at radius 1 is 0.569 bits per heavy atom. The summed E-state index contributed by atoms with van der Waals surface area (Å²) < 4.78 is 0. The zero-order valence-electron chi connectivity index (χ0n) is 30.3. The summed E-state index contributed by atoms with van der Waals surface area (Å²) in [7, 11) is -0.898. The third-order valence-electron chi connectivity index (χ3n) is 9.72. The molecule has 2 aliphatic heterocycles. The highest BCUT2D eigenvalue weighted by atomic mass is 32.2. The minimum atomic E-state index is -0.555. The normalized spacial score (nSPS) is 16.2. The number of nitrogens with zero attached hydrogens (tertiary/aromatic N) is 1. The second-order valence-corrected chi connectivity index (χ2v) is 17.3. The Kier molecular flexibility index (Phi) is 15.7. The fourth-order valence-corrected chi connectivity index (χ4v) is 9.77. The minimum absolute atomic E-state index is 0.0425. The predicted molar refractivity (Wildman–Crippen MR) is 220 cm³/mol. The number of ketones is 1. The number of hydrogen-bond acceptors (Lipinski definition) is 4. The highest BCUT2D eigenvalue weighted by Crippen LogP contribution is 2.44. The summed E-state index contributed by atoms with van der Waals surface area (Å²) in [6.07, 6.45) is 21.1. The standard InChI is InChI=1S/C45H55NO3S2/c1-3-5-7-9-14-22-41(36-24-28-39(29-25-36)50-32-16-17-33-50)43(46-49-45(48)38-20-12-11-13-21-38)44(47)42(23-15-10-8-6-4-2)37-26-30-40(31-27-37)51-34-18-19-35-51/h11-13,16-21,24-35,41-42,50-51H,3-10,14-15,22-23H2,1-2H3. The fraction of sp³-hybridized carbons (Fsp3) is 0.356. The first-order valence-corrected chi connectivity index (χ1v) is 21.9. The van der Waals surface area contributed by atoms with Crippen molar-refractivity contribution in [1.82, 2.24) is 0 Å². The van der Waals surface area contributed by atoms with Crippen LogP contribution in [0.25, 0.3) is 0 Å². The molecule has 0 saturated heterocycles. The Morgan fingerprint density at radius 2 is 1.02 bits per heavy atom. The van der Waals surface area contributed by atoms with Crippen LogP contribution < -0.4 is 0 Å². The number of carbonyl (C=O) groups is 2. The summed E-state index contributed by atoms with van der Waals surface area (Å²) in [4.78, 5) is 36.6. The van der Waals surface area contributed by atoms with E-state index in [-0.39, 0.29) is 17.6 Å². The molecule has 0 spiro atoms. The first kappa shape index (κ1) is 38.4. The van der Waals surface area contributed by atoms with E-state index in [0.717, 1.165) is 62.5 Å². The quantitative estimate of drug-likeness (QED) is 0.0378. The van der Waals surface area contributed by atoms with Gasteiger partial charge in [0.1, 0.15) is 5.71 Å². The Bertz CT molecular complexity index is 1670. The average molecular weight is 722 g/mol. The van der Waals surface area contributed by atoms with Gasteiger partial charge in [0.2, 0.25) is 0 Å². The second kappa shape index (κ2) is 20.8. The van der Waals surface area contributed by atoms with Crippen molar-refractivity contribution < 1.29 is 14.4 Å². The van der Waals surface area contributed by atoms with Crippen molar-refractivity contribution in [2.45, 2.75) is 113 Å². The number of carbonyl (C=O) groups excluding carboxylic acids is 2. The number of rotatable bonds is 21. The van der Waals surface area contributed by atoms with Gasteiger partial charge in [0, 0.05) is 11.8 Å². The number of Topliss-reactive ketones (excluding diaryl/α,β-unsaturated/α-hetero) is 1. The molecule has 2 heterocycles. The van der Waals surface area contributed by atoms with Gasteiger partial charge in [-0.15, -0.1) is 0 Å². The molecule has 0 aromatic heterocycles. The molecule has 0 saturated carbocycles. The molecule has 51 heavy (non-hydrogen) atoms. The maximum Gasteiger partial charge on any atom is 0.365 e. The van der Waals surface area contributed by atoms with Gasteiger partial charge in [0.15, 0.2) is 5.78 Å². The SMILES string of the molecule is CCCCCCCC(C(=O)C(=NOC(=O)c1ccccc1)C(CCCCCCC)c1ccc([SH]2C=CC=C2)cc1)c1ccc([SH]2C=CC=C2)cc1. The summed E-state index contributed by atoms with van der Waals surface area (Å²) in [6.45, 7) is 4.45. The van der Waals surface area contributed by atoms with Crippen molar-refractivity contribution >= 4 is 39.3 Å². The molecule has 2 atom stereocenters. The molecule has 0 amide bonds. The van der Waals surface area contributed by atoms with E-state index in [1.165, 1.54) is 35.5 Å². The van der Waals surface area contributed by atoms with Crippen molar-refractivity contribution in [3.05, 3.63) is 141 Å². The van der Waals surface area contributed by atoms with Crippen LogP contribution in [-0.2, 0) is 9.63 Å². The first-order chi connectivity index (χ1) is 25.1. The highest BCUT2D eigenvalue weighted by molar-refractivity contribution is 8.22. The predicted octanol–water partition coefficient (Wildman–Crippen LogP) is 12.9. The summed E-state index contributed by atoms with van der Waals surface area (Å²) in [5, 5.41) is 13.6. The number of hydrogen-bond donors (Lipinski definition) is 2. The molecule has 5 rings (SSSR count). The van der Waals surface area contributed by atoms with Gasteiger partial charge in [-0.2, -0.15) is 21.8 Å². The maximum absolute atomic E-state index is 15.1. The lowest BCUT2D eigenvalue weighted by molar-refractivity contribution is -0.114. The molecule has 270 valence electrons. The molecule has 0 radical (unpaired) electrons. The minimum Gasteiger partial charge on any atom is -0.312 e. The van der Waals surface area contributed by atoms with E-state index in [1.807, 2.05) is 6.07 Å². The Labute approximate surface area is 311 Å². The van der Waals surface area contributed by atoms with Gasteiger partial charge in [0.25, 0.3) is 0 Å². The van der Waals surface area contributed by atoms with Gasteiger partial charge >= 0.3 is 5.97 Å². The second-order valence-electron chi connectivity index (χ2n) is 13.5. The van der Waals surface area contributed by atoms with Gasteiger partial charge in [-0.05, 0) is 91.8 Å². The summed E-state index contributed by atoms with van der Waals surface area (Å²) in [5.41, 5.74) is 2.80. The Hall–Kier alpha value is -3.87. The molecular weight excluding hydrogens is 667 g/mol. The van der Waals surface area contributed by atoms with Gasteiger partial charge < -0.3 is 4.84 Å². The Morgan fingerprint density at radius 3 is 1.51 bits per heavy atom. The van der Waals surface area contributed by atoms with Crippen molar-refractivity contribution in [2.75, 3.05) is 0 Å². The molecule has 2 unspecified atom stereocenters. The van der Waals surface area contributed by atoms with Crippen molar-refractivity contribution in [2.24, 2.45) is 5.16 Å². The van der Waals surface area contributed by atoms with Crippen LogP contribution in [0.4, 0.5) is 0 Å². The monoisotopic (exact) mass is 721 g/mol. The number of allylic oxidation sites excluding steroid dienone is 4. The van der Waals surface area contributed by atoms with E-state index in [1.54, 1.807) is 24.3 Å². The third-order valence-corrected chi connectivity index (χ3v) is 13.5. The third kappa shape index (κ3) is 11.3. The molecule has 0 bridgehead atoms. The lowest BCUT2D eigenvalue weighted by Crippen LogP contribution is -2.29. The zero-order valence-corrected chi connectivity index (χ0v) is 32.1. The fourth-order valence-electron chi connectivity index (χ4n) is 6.76. The molecule has 3 aromatic carbocycles. The first-order valence-electron chi connectivity index (χ1n) is 18.9. The van der Waals surface area contributed by atoms with E-state index in [9.17, 15) is 4.79 Å².